The second-order valence-electron chi connectivity index (χ2n) is 6.89. The van der Waals surface area contributed by atoms with E-state index >= 15 is 0 Å². The molecule has 3 atom stereocenters. The van der Waals surface area contributed by atoms with E-state index in [1.807, 2.05) is 0 Å². The van der Waals surface area contributed by atoms with E-state index in [0.29, 0.717) is 10.0 Å². The van der Waals surface area contributed by atoms with Crippen LogP contribution in [-0.4, -0.2) is 48.5 Å². The van der Waals surface area contributed by atoms with Gasteiger partial charge in [-0.2, -0.15) is 13.2 Å². The SMILES string of the molecule is Cc1cc(Br)cc2c1O[C@H](C(F)(F)F)C(C(=O)OC(C)OC(=O)OC(C)CCO[N+](=O)[O-])=C2. The first-order chi connectivity index (χ1) is 15.3. The smallest absolute Gasteiger partial charge is 0.475 e. The summed E-state index contributed by atoms with van der Waals surface area (Å²) < 4.78 is 60.6. The van der Waals surface area contributed by atoms with Gasteiger partial charge in [-0.25, -0.2) is 9.59 Å². The number of carbonyl (C=O) groups excluding carboxylic acids is 2. The molecule has 0 radical (unpaired) electrons. The van der Waals surface area contributed by atoms with Gasteiger partial charge >= 0.3 is 18.3 Å². The molecular weight excluding hydrogens is 523 g/mol. The summed E-state index contributed by atoms with van der Waals surface area (Å²) in [6.45, 7) is 3.72. The second kappa shape index (κ2) is 10.7. The van der Waals surface area contributed by atoms with Crippen LogP contribution in [0.25, 0.3) is 6.08 Å². The predicted molar refractivity (Wildman–Crippen MR) is 107 cm³/mol. The van der Waals surface area contributed by atoms with Crippen molar-refractivity contribution in [3.05, 3.63) is 43.4 Å². The molecule has 1 aromatic carbocycles. The first-order valence-corrected chi connectivity index (χ1v) is 10.2. The molecular formula is C19H19BrF3NO9. The highest BCUT2D eigenvalue weighted by Gasteiger charge is 2.49. The molecule has 0 aliphatic carbocycles. The molecule has 0 fully saturated rings. The van der Waals surface area contributed by atoms with Crippen molar-refractivity contribution in [3.8, 4) is 5.75 Å². The van der Waals surface area contributed by atoms with E-state index in [9.17, 15) is 32.9 Å². The lowest BCUT2D eigenvalue weighted by Gasteiger charge is -2.29. The summed E-state index contributed by atoms with van der Waals surface area (Å²) in [7, 11) is 0. The van der Waals surface area contributed by atoms with Crippen LogP contribution in [0.5, 0.6) is 5.75 Å². The van der Waals surface area contributed by atoms with Gasteiger partial charge in [0.15, 0.2) is 0 Å². The van der Waals surface area contributed by atoms with E-state index in [-0.39, 0.29) is 24.3 Å². The fourth-order valence-electron chi connectivity index (χ4n) is 2.78. The fourth-order valence-corrected chi connectivity index (χ4v) is 3.37. The van der Waals surface area contributed by atoms with Crippen LogP contribution in [-0.2, 0) is 23.8 Å². The fraction of sp³-hybridized carbons (Fsp3) is 0.474. The van der Waals surface area contributed by atoms with Crippen LogP contribution < -0.4 is 4.74 Å². The molecule has 1 aromatic rings. The molecule has 1 aliphatic rings. The van der Waals surface area contributed by atoms with Crippen molar-refractivity contribution in [1.82, 2.24) is 0 Å². The van der Waals surface area contributed by atoms with Gasteiger partial charge in [0.25, 0.3) is 5.09 Å². The lowest BCUT2D eigenvalue weighted by Crippen LogP contribution is -2.41. The van der Waals surface area contributed by atoms with Gasteiger partial charge in [-0.1, -0.05) is 15.9 Å². The third-order valence-corrected chi connectivity index (χ3v) is 4.64. The van der Waals surface area contributed by atoms with Crippen LogP contribution in [0.3, 0.4) is 0 Å². The number of aryl methyl sites for hydroxylation is 1. The van der Waals surface area contributed by atoms with Crippen molar-refractivity contribution in [2.24, 2.45) is 0 Å². The van der Waals surface area contributed by atoms with Crippen molar-refractivity contribution < 1.29 is 51.6 Å². The number of carbonyl (C=O) groups is 2. The molecule has 182 valence electrons. The second-order valence-corrected chi connectivity index (χ2v) is 7.81. The Labute approximate surface area is 193 Å². The minimum Gasteiger partial charge on any atom is -0.475 e. The van der Waals surface area contributed by atoms with Crippen LogP contribution in [0.1, 0.15) is 31.4 Å². The van der Waals surface area contributed by atoms with Gasteiger partial charge in [0.05, 0.1) is 12.2 Å². The minimum absolute atomic E-state index is 0.0278. The summed E-state index contributed by atoms with van der Waals surface area (Å²) in [4.78, 5) is 38.4. The Morgan fingerprint density at radius 1 is 1.24 bits per heavy atom. The molecule has 2 rings (SSSR count). The van der Waals surface area contributed by atoms with E-state index in [1.165, 1.54) is 13.0 Å². The zero-order chi connectivity index (χ0) is 24.9. The maximum absolute atomic E-state index is 13.6. The standard InChI is InChI=1S/C19H19BrF3NO9/c1-9-6-13(20)7-12-8-14(16(19(21,22)23)33-15(9)12)17(25)31-11(3)32-18(26)30-10(2)4-5-29-24(27)28/h6-8,10-11,16H,4-5H2,1-3H3/t10?,11?,16-/m0/s1. The number of ether oxygens (including phenoxy) is 4. The van der Waals surface area contributed by atoms with Crippen LogP contribution in [0, 0.1) is 17.0 Å². The summed E-state index contributed by atoms with van der Waals surface area (Å²) >= 11 is 3.23. The molecule has 1 aliphatic heterocycles. The monoisotopic (exact) mass is 541 g/mol. The number of nitrogens with zero attached hydrogens (tertiary/aromatic N) is 1. The summed E-state index contributed by atoms with van der Waals surface area (Å²) in [6.07, 6.45) is -10.3. The molecule has 0 N–H and O–H groups in total. The number of benzene rings is 1. The van der Waals surface area contributed by atoms with Crippen molar-refractivity contribution >= 4 is 34.1 Å². The van der Waals surface area contributed by atoms with Gasteiger partial charge in [-0.3, -0.25) is 0 Å². The topological polar surface area (TPSA) is 123 Å². The maximum atomic E-state index is 13.6. The predicted octanol–water partition coefficient (Wildman–Crippen LogP) is 4.49. The first kappa shape index (κ1) is 26.2. The summed E-state index contributed by atoms with van der Waals surface area (Å²) in [5, 5.41) is 9.07. The molecule has 0 spiro atoms. The van der Waals surface area contributed by atoms with E-state index in [0.717, 1.165) is 13.0 Å². The highest BCUT2D eigenvalue weighted by molar-refractivity contribution is 9.10. The highest BCUT2D eigenvalue weighted by atomic mass is 79.9. The average molecular weight is 542 g/mol. The quantitative estimate of drug-likeness (QED) is 0.202. The minimum atomic E-state index is -4.92. The number of hydrogen-bond acceptors (Lipinski definition) is 9. The van der Waals surface area contributed by atoms with Crippen molar-refractivity contribution in [2.75, 3.05) is 6.61 Å². The molecule has 0 bridgehead atoms. The lowest BCUT2D eigenvalue weighted by molar-refractivity contribution is -0.758. The molecule has 0 amide bonds. The molecule has 14 heteroatoms. The average Bonchev–Trinajstić information content (AvgIpc) is 2.65. The molecule has 10 nitrogen and oxygen atoms in total. The molecule has 2 unspecified atom stereocenters. The number of halogens is 4. The van der Waals surface area contributed by atoms with Crippen LogP contribution in [0.15, 0.2) is 22.2 Å². The number of fused-ring (bicyclic) bond motifs is 1. The third kappa shape index (κ3) is 7.51. The molecule has 0 aromatic heterocycles. The number of esters is 1. The number of alkyl halides is 3. The zero-order valence-electron chi connectivity index (χ0n) is 17.5. The highest BCUT2D eigenvalue weighted by Crippen LogP contribution is 2.40. The lowest BCUT2D eigenvalue weighted by atomic mass is 9.99. The van der Waals surface area contributed by atoms with Crippen LogP contribution in [0.4, 0.5) is 18.0 Å². The van der Waals surface area contributed by atoms with Crippen molar-refractivity contribution in [2.45, 2.75) is 51.9 Å². The van der Waals surface area contributed by atoms with Crippen LogP contribution >= 0.6 is 15.9 Å². The number of rotatable bonds is 8. The first-order valence-electron chi connectivity index (χ1n) is 9.38. The van der Waals surface area contributed by atoms with E-state index in [4.69, 9.17) is 18.9 Å². The van der Waals surface area contributed by atoms with Gasteiger partial charge in [-0.05, 0) is 37.6 Å². The van der Waals surface area contributed by atoms with Crippen molar-refractivity contribution in [1.29, 1.82) is 0 Å². The van der Waals surface area contributed by atoms with Gasteiger partial charge < -0.3 is 23.8 Å². The molecule has 33 heavy (non-hydrogen) atoms. The van der Waals surface area contributed by atoms with Gasteiger partial charge in [0, 0.05) is 23.4 Å². The van der Waals surface area contributed by atoms with Crippen LogP contribution in [0.2, 0.25) is 0 Å². The Bertz CT molecular complexity index is 951. The van der Waals surface area contributed by atoms with Gasteiger partial charge in [0.1, 0.15) is 11.9 Å². The van der Waals surface area contributed by atoms with E-state index in [1.54, 1.807) is 13.0 Å². The van der Waals surface area contributed by atoms with Gasteiger partial charge in [0.2, 0.25) is 12.4 Å². The van der Waals surface area contributed by atoms with E-state index in [2.05, 4.69) is 20.8 Å². The Morgan fingerprint density at radius 3 is 2.52 bits per heavy atom. The summed E-state index contributed by atoms with van der Waals surface area (Å²) in [6, 6.07) is 3.04. The van der Waals surface area contributed by atoms with Crippen molar-refractivity contribution in [3.63, 3.8) is 0 Å². The molecule has 0 saturated carbocycles. The van der Waals surface area contributed by atoms with E-state index < -0.39 is 47.5 Å². The maximum Gasteiger partial charge on any atom is 0.511 e. The number of hydrogen-bond donors (Lipinski definition) is 0. The Balaban J connectivity index is 2.06. The zero-order valence-corrected chi connectivity index (χ0v) is 19.1. The largest absolute Gasteiger partial charge is 0.511 e. The third-order valence-electron chi connectivity index (χ3n) is 4.18. The Kier molecular flexibility index (Phi) is 8.52. The Hall–Kier alpha value is -3.03. The molecule has 0 saturated heterocycles. The summed E-state index contributed by atoms with van der Waals surface area (Å²) in [5.74, 6) is -1.44. The van der Waals surface area contributed by atoms with Gasteiger partial charge in [-0.15, -0.1) is 10.1 Å². The summed E-state index contributed by atoms with van der Waals surface area (Å²) in [5.41, 5.74) is -0.177. The Morgan fingerprint density at radius 2 is 1.91 bits per heavy atom. The molecule has 1 heterocycles. The normalized spacial score (nSPS) is 16.9.